The van der Waals surface area contributed by atoms with Crippen LogP contribution >= 0.6 is 0 Å². The molecule has 3 rings (SSSR count). The SMILES string of the molecule is CC(NC(=O)C1(N)CCCCC1)c1cccc(-n2ccnc2)c1. The number of nitrogens with two attached hydrogens (primary N) is 1. The van der Waals surface area contributed by atoms with Crippen molar-refractivity contribution in [2.45, 2.75) is 50.6 Å². The summed E-state index contributed by atoms with van der Waals surface area (Å²) in [5, 5.41) is 3.09. The number of carbonyl (C=O) groups is 1. The van der Waals surface area contributed by atoms with Gasteiger partial charge in [-0.25, -0.2) is 4.98 Å². The fourth-order valence-electron chi connectivity index (χ4n) is 3.20. The standard InChI is InChI=1S/C18H24N4O/c1-14(21-17(23)18(19)8-3-2-4-9-18)15-6-5-7-16(12-15)22-11-10-20-13-22/h5-7,10-14H,2-4,8-9,19H2,1H3,(H,21,23). The van der Waals surface area contributed by atoms with Gasteiger partial charge in [-0.3, -0.25) is 4.79 Å². The Morgan fingerprint density at radius 1 is 1.35 bits per heavy atom. The summed E-state index contributed by atoms with van der Waals surface area (Å²) < 4.78 is 1.95. The van der Waals surface area contributed by atoms with Gasteiger partial charge in [-0.05, 0) is 37.5 Å². The molecule has 1 heterocycles. The summed E-state index contributed by atoms with van der Waals surface area (Å²) in [6.45, 7) is 2.00. The number of rotatable bonds is 4. The van der Waals surface area contributed by atoms with E-state index < -0.39 is 5.54 Å². The first-order valence-electron chi connectivity index (χ1n) is 8.27. The molecule has 2 aromatic rings. The van der Waals surface area contributed by atoms with Crippen molar-refractivity contribution in [3.63, 3.8) is 0 Å². The molecular formula is C18H24N4O. The molecule has 1 aliphatic rings. The number of aromatic nitrogens is 2. The molecule has 23 heavy (non-hydrogen) atoms. The van der Waals surface area contributed by atoms with Crippen molar-refractivity contribution in [3.05, 3.63) is 48.5 Å². The van der Waals surface area contributed by atoms with Gasteiger partial charge in [-0.2, -0.15) is 0 Å². The molecule has 1 unspecified atom stereocenters. The van der Waals surface area contributed by atoms with Gasteiger partial charge in [0.1, 0.15) is 0 Å². The number of amides is 1. The normalized spacial score (nSPS) is 18.3. The Morgan fingerprint density at radius 3 is 2.83 bits per heavy atom. The van der Waals surface area contributed by atoms with E-state index in [1.807, 2.05) is 35.9 Å². The highest BCUT2D eigenvalue weighted by Crippen LogP contribution is 2.27. The maximum atomic E-state index is 12.6. The van der Waals surface area contributed by atoms with Crippen molar-refractivity contribution >= 4 is 5.91 Å². The Hall–Kier alpha value is -2.14. The van der Waals surface area contributed by atoms with Crippen LogP contribution in [0.1, 0.15) is 50.6 Å². The number of nitrogens with zero attached hydrogens (tertiary/aromatic N) is 2. The summed E-state index contributed by atoms with van der Waals surface area (Å²) >= 11 is 0. The minimum absolute atomic E-state index is 0.0299. The average Bonchev–Trinajstić information content (AvgIpc) is 3.10. The predicted molar refractivity (Wildman–Crippen MR) is 90.1 cm³/mol. The average molecular weight is 312 g/mol. The van der Waals surface area contributed by atoms with E-state index in [1.54, 1.807) is 12.5 Å². The van der Waals surface area contributed by atoms with Crippen molar-refractivity contribution in [1.82, 2.24) is 14.9 Å². The zero-order valence-electron chi connectivity index (χ0n) is 13.5. The highest BCUT2D eigenvalue weighted by molar-refractivity contribution is 5.86. The Kier molecular flexibility index (Phi) is 4.48. The molecule has 0 bridgehead atoms. The zero-order valence-corrected chi connectivity index (χ0v) is 13.5. The Balaban J connectivity index is 1.72. The lowest BCUT2D eigenvalue weighted by Crippen LogP contribution is -2.55. The van der Waals surface area contributed by atoms with Crippen LogP contribution in [0.4, 0.5) is 0 Å². The van der Waals surface area contributed by atoms with Crippen molar-refractivity contribution in [3.8, 4) is 5.69 Å². The van der Waals surface area contributed by atoms with Crippen LogP contribution in [0.2, 0.25) is 0 Å². The van der Waals surface area contributed by atoms with E-state index in [2.05, 4.69) is 16.4 Å². The van der Waals surface area contributed by atoms with Crippen LogP contribution < -0.4 is 11.1 Å². The van der Waals surface area contributed by atoms with Crippen molar-refractivity contribution in [2.75, 3.05) is 0 Å². The van der Waals surface area contributed by atoms with Crippen molar-refractivity contribution in [1.29, 1.82) is 0 Å². The zero-order chi connectivity index (χ0) is 16.3. The summed E-state index contributed by atoms with van der Waals surface area (Å²) in [5.74, 6) is -0.0299. The molecule has 1 aromatic heterocycles. The summed E-state index contributed by atoms with van der Waals surface area (Å²) in [7, 11) is 0. The molecule has 5 nitrogen and oxygen atoms in total. The topological polar surface area (TPSA) is 72.9 Å². The van der Waals surface area contributed by atoms with Gasteiger partial charge in [0.2, 0.25) is 5.91 Å². The third-order valence-electron chi connectivity index (χ3n) is 4.72. The molecule has 0 radical (unpaired) electrons. The summed E-state index contributed by atoms with van der Waals surface area (Å²) in [4.78, 5) is 16.6. The van der Waals surface area contributed by atoms with E-state index in [9.17, 15) is 4.79 Å². The van der Waals surface area contributed by atoms with Crippen LogP contribution in [0.15, 0.2) is 43.0 Å². The number of hydrogen-bond donors (Lipinski definition) is 2. The number of hydrogen-bond acceptors (Lipinski definition) is 3. The molecule has 0 saturated heterocycles. The minimum atomic E-state index is -0.700. The van der Waals surface area contributed by atoms with Gasteiger partial charge in [0.05, 0.1) is 17.9 Å². The molecule has 1 aromatic carbocycles. The van der Waals surface area contributed by atoms with E-state index in [-0.39, 0.29) is 11.9 Å². The third kappa shape index (κ3) is 3.45. The van der Waals surface area contributed by atoms with Gasteiger partial charge >= 0.3 is 0 Å². The molecule has 1 aliphatic carbocycles. The monoisotopic (exact) mass is 312 g/mol. The molecule has 5 heteroatoms. The first kappa shape index (κ1) is 15.7. The number of imidazole rings is 1. The molecule has 122 valence electrons. The lowest BCUT2D eigenvalue weighted by molar-refractivity contribution is -0.128. The number of carbonyl (C=O) groups excluding carboxylic acids is 1. The molecule has 0 spiro atoms. The maximum absolute atomic E-state index is 12.6. The van der Waals surface area contributed by atoms with E-state index in [1.165, 1.54) is 6.42 Å². The Morgan fingerprint density at radius 2 is 2.13 bits per heavy atom. The number of benzene rings is 1. The minimum Gasteiger partial charge on any atom is -0.348 e. The van der Waals surface area contributed by atoms with Gasteiger partial charge in [0.15, 0.2) is 0 Å². The van der Waals surface area contributed by atoms with Crippen LogP contribution in [0.25, 0.3) is 5.69 Å². The lowest BCUT2D eigenvalue weighted by atomic mass is 9.81. The van der Waals surface area contributed by atoms with E-state index in [4.69, 9.17) is 5.73 Å². The third-order valence-corrected chi connectivity index (χ3v) is 4.72. The van der Waals surface area contributed by atoms with Crippen molar-refractivity contribution in [2.24, 2.45) is 5.73 Å². The van der Waals surface area contributed by atoms with Gasteiger partial charge in [-0.15, -0.1) is 0 Å². The first-order valence-corrected chi connectivity index (χ1v) is 8.27. The van der Waals surface area contributed by atoms with E-state index >= 15 is 0 Å². The van der Waals surface area contributed by atoms with Crippen molar-refractivity contribution < 1.29 is 4.79 Å². The smallest absolute Gasteiger partial charge is 0.240 e. The van der Waals surface area contributed by atoms with Crippen LogP contribution in [0.3, 0.4) is 0 Å². The molecule has 1 saturated carbocycles. The fourth-order valence-corrected chi connectivity index (χ4v) is 3.20. The highest BCUT2D eigenvalue weighted by Gasteiger charge is 2.35. The second-order valence-electron chi connectivity index (χ2n) is 6.48. The summed E-state index contributed by atoms with van der Waals surface area (Å²) in [5.41, 5.74) is 7.70. The molecule has 3 N–H and O–H groups in total. The second kappa shape index (κ2) is 6.54. The Labute approximate surface area is 136 Å². The van der Waals surface area contributed by atoms with Crippen LogP contribution in [0.5, 0.6) is 0 Å². The fraction of sp³-hybridized carbons (Fsp3) is 0.444. The van der Waals surface area contributed by atoms with Gasteiger partial charge in [-0.1, -0.05) is 31.4 Å². The second-order valence-corrected chi connectivity index (χ2v) is 6.48. The van der Waals surface area contributed by atoms with Crippen LogP contribution in [-0.2, 0) is 4.79 Å². The van der Waals surface area contributed by atoms with E-state index in [0.717, 1.165) is 36.9 Å². The maximum Gasteiger partial charge on any atom is 0.240 e. The number of nitrogens with one attached hydrogen (secondary N) is 1. The van der Waals surface area contributed by atoms with Crippen LogP contribution in [-0.4, -0.2) is 21.0 Å². The molecule has 0 aliphatic heterocycles. The largest absolute Gasteiger partial charge is 0.348 e. The molecular weight excluding hydrogens is 288 g/mol. The molecule has 1 amide bonds. The quantitative estimate of drug-likeness (QED) is 0.911. The van der Waals surface area contributed by atoms with Gasteiger partial charge in [0, 0.05) is 18.1 Å². The van der Waals surface area contributed by atoms with Crippen LogP contribution in [0, 0.1) is 0 Å². The summed E-state index contributed by atoms with van der Waals surface area (Å²) in [6.07, 6.45) is 10.2. The lowest BCUT2D eigenvalue weighted by Gasteiger charge is -2.33. The molecule has 1 atom stereocenters. The first-order chi connectivity index (χ1) is 11.1. The van der Waals surface area contributed by atoms with Gasteiger partial charge < -0.3 is 15.6 Å². The Bertz CT molecular complexity index is 659. The van der Waals surface area contributed by atoms with Gasteiger partial charge in [0.25, 0.3) is 0 Å². The van der Waals surface area contributed by atoms with E-state index in [0.29, 0.717) is 0 Å². The molecule has 1 fully saturated rings. The summed E-state index contributed by atoms with van der Waals surface area (Å²) in [6, 6.07) is 8.03. The predicted octanol–water partition coefficient (Wildman–Crippen LogP) is 2.71. The highest BCUT2D eigenvalue weighted by atomic mass is 16.2.